The largest absolute Gasteiger partial charge is 0.391 e. The number of piperidine rings is 1. The number of nitrogens with one attached hydrogen (secondary N) is 1. The highest BCUT2D eigenvalue weighted by molar-refractivity contribution is 5.90. The van der Waals surface area contributed by atoms with E-state index in [1.54, 1.807) is 4.90 Å². The van der Waals surface area contributed by atoms with Crippen LogP contribution in [0, 0.1) is 0 Å². The molecule has 0 aromatic rings. The Kier molecular flexibility index (Phi) is 2.90. The van der Waals surface area contributed by atoms with Crippen molar-refractivity contribution in [1.82, 2.24) is 10.2 Å². The number of carbonyl (C=O) groups excluding carboxylic acids is 2. The molecule has 2 heterocycles. The number of aliphatic hydroxyl groups excluding tert-OH is 1. The van der Waals surface area contributed by atoms with Crippen molar-refractivity contribution < 1.29 is 14.7 Å². The second kappa shape index (κ2) is 4.18. The number of nitrogens with zero attached hydrogens (tertiary/aromatic N) is 1. The van der Waals surface area contributed by atoms with Crippen LogP contribution in [0.5, 0.6) is 0 Å². The molecule has 5 nitrogen and oxygen atoms in total. The van der Waals surface area contributed by atoms with E-state index in [4.69, 9.17) is 0 Å². The second-order valence-electron chi connectivity index (χ2n) is 4.24. The minimum Gasteiger partial charge on any atom is -0.391 e. The summed E-state index contributed by atoms with van der Waals surface area (Å²) in [6.45, 7) is 1.10. The van der Waals surface area contributed by atoms with Crippen molar-refractivity contribution in [3.63, 3.8) is 0 Å². The molecule has 15 heavy (non-hydrogen) atoms. The number of aliphatic hydroxyl groups is 1. The van der Waals surface area contributed by atoms with E-state index in [1.165, 1.54) is 0 Å². The first-order valence-electron chi connectivity index (χ1n) is 5.43. The van der Waals surface area contributed by atoms with Crippen LogP contribution in [0.4, 0.5) is 0 Å². The van der Waals surface area contributed by atoms with Crippen molar-refractivity contribution in [3.05, 3.63) is 0 Å². The highest BCUT2D eigenvalue weighted by Crippen LogP contribution is 2.15. The van der Waals surface area contributed by atoms with Gasteiger partial charge < -0.3 is 15.3 Å². The van der Waals surface area contributed by atoms with Gasteiger partial charge >= 0.3 is 0 Å². The van der Waals surface area contributed by atoms with Crippen molar-refractivity contribution >= 4 is 11.8 Å². The van der Waals surface area contributed by atoms with Crippen LogP contribution in [0.2, 0.25) is 0 Å². The smallest absolute Gasteiger partial charge is 0.245 e. The van der Waals surface area contributed by atoms with Crippen LogP contribution in [0.1, 0.15) is 25.7 Å². The molecule has 0 aliphatic carbocycles. The molecule has 84 valence electrons. The van der Waals surface area contributed by atoms with Crippen LogP contribution in [-0.2, 0) is 9.59 Å². The topological polar surface area (TPSA) is 69.6 Å². The number of amides is 2. The summed E-state index contributed by atoms with van der Waals surface area (Å²) in [5, 5.41) is 12.1. The Morgan fingerprint density at radius 2 is 2.27 bits per heavy atom. The molecule has 2 aliphatic rings. The molecule has 2 fully saturated rings. The van der Waals surface area contributed by atoms with Crippen LogP contribution in [0.3, 0.4) is 0 Å². The quantitative estimate of drug-likeness (QED) is 0.601. The molecule has 2 amide bonds. The molecule has 2 unspecified atom stereocenters. The molecule has 2 N–H and O–H groups in total. The van der Waals surface area contributed by atoms with E-state index in [0.29, 0.717) is 25.9 Å². The number of β-amino-alcohol motifs (C(OH)–C–C–N with tert-alkyl or cyclic N) is 1. The van der Waals surface area contributed by atoms with Crippen molar-refractivity contribution in [3.8, 4) is 0 Å². The molecular weight excluding hydrogens is 196 g/mol. The summed E-state index contributed by atoms with van der Waals surface area (Å²) >= 11 is 0. The zero-order valence-electron chi connectivity index (χ0n) is 8.61. The van der Waals surface area contributed by atoms with Crippen LogP contribution in [-0.4, -0.2) is 47.1 Å². The third kappa shape index (κ3) is 2.28. The third-order valence-electron chi connectivity index (χ3n) is 3.00. The fourth-order valence-corrected chi connectivity index (χ4v) is 2.17. The number of likely N-dealkylation sites (tertiary alicyclic amines) is 1. The molecule has 5 heteroatoms. The minimum atomic E-state index is -0.403. The van der Waals surface area contributed by atoms with E-state index in [0.717, 1.165) is 12.8 Å². The minimum absolute atomic E-state index is 0.0420. The number of hydrogen-bond acceptors (Lipinski definition) is 3. The second-order valence-corrected chi connectivity index (χ2v) is 4.24. The summed E-state index contributed by atoms with van der Waals surface area (Å²) in [5.41, 5.74) is 0. The van der Waals surface area contributed by atoms with Gasteiger partial charge in [0.05, 0.1) is 6.10 Å². The van der Waals surface area contributed by atoms with Crippen LogP contribution >= 0.6 is 0 Å². The third-order valence-corrected chi connectivity index (χ3v) is 3.00. The summed E-state index contributed by atoms with van der Waals surface area (Å²) in [6, 6.07) is -0.359. The highest BCUT2D eigenvalue weighted by Gasteiger charge is 2.32. The monoisotopic (exact) mass is 212 g/mol. The normalized spacial score (nSPS) is 31.5. The first kappa shape index (κ1) is 10.4. The van der Waals surface area contributed by atoms with Gasteiger partial charge in [-0.05, 0) is 19.3 Å². The number of carbonyl (C=O) groups is 2. The Balaban J connectivity index is 1.92. The van der Waals surface area contributed by atoms with Crippen LogP contribution < -0.4 is 5.32 Å². The highest BCUT2D eigenvalue weighted by atomic mass is 16.3. The van der Waals surface area contributed by atoms with Crippen molar-refractivity contribution in [1.29, 1.82) is 0 Å². The van der Waals surface area contributed by atoms with E-state index in [1.807, 2.05) is 0 Å². The summed E-state index contributed by atoms with van der Waals surface area (Å²) in [7, 11) is 0. The molecule has 2 aliphatic heterocycles. The molecule has 0 saturated carbocycles. The molecule has 0 spiro atoms. The van der Waals surface area contributed by atoms with Gasteiger partial charge in [-0.1, -0.05) is 0 Å². The predicted octanol–water partition coefficient (Wildman–Crippen LogP) is -0.752. The fourth-order valence-electron chi connectivity index (χ4n) is 2.17. The van der Waals surface area contributed by atoms with Crippen LogP contribution in [0.25, 0.3) is 0 Å². The fraction of sp³-hybridized carbons (Fsp3) is 0.800. The Morgan fingerprint density at radius 1 is 1.47 bits per heavy atom. The van der Waals surface area contributed by atoms with Gasteiger partial charge in [0, 0.05) is 19.5 Å². The number of hydrogen-bond donors (Lipinski definition) is 2. The zero-order chi connectivity index (χ0) is 10.8. The molecule has 2 saturated heterocycles. The maximum atomic E-state index is 11.9. The van der Waals surface area contributed by atoms with E-state index < -0.39 is 6.10 Å². The maximum absolute atomic E-state index is 11.9. The summed E-state index contributed by atoms with van der Waals surface area (Å²) in [6.07, 6.45) is 2.23. The van der Waals surface area contributed by atoms with E-state index in [-0.39, 0.29) is 17.9 Å². The van der Waals surface area contributed by atoms with Crippen molar-refractivity contribution in [2.45, 2.75) is 37.8 Å². The van der Waals surface area contributed by atoms with Crippen molar-refractivity contribution in [2.75, 3.05) is 13.1 Å². The lowest BCUT2D eigenvalue weighted by atomic mass is 10.1. The van der Waals surface area contributed by atoms with E-state index in [9.17, 15) is 14.7 Å². The first-order chi connectivity index (χ1) is 7.16. The molecule has 0 bridgehead atoms. The first-order valence-corrected chi connectivity index (χ1v) is 5.43. The summed E-state index contributed by atoms with van der Waals surface area (Å²) in [4.78, 5) is 24.5. The Bertz CT molecular complexity index is 280. The van der Waals surface area contributed by atoms with Gasteiger partial charge in [0.2, 0.25) is 11.8 Å². The van der Waals surface area contributed by atoms with Gasteiger partial charge in [-0.25, -0.2) is 0 Å². The molecule has 0 aromatic carbocycles. The Hall–Kier alpha value is -1.10. The molecule has 0 aromatic heterocycles. The molecule has 0 radical (unpaired) electrons. The van der Waals surface area contributed by atoms with Gasteiger partial charge in [-0.3, -0.25) is 9.59 Å². The number of rotatable bonds is 1. The lowest BCUT2D eigenvalue weighted by Gasteiger charge is -2.31. The van der Waals surface area contributed by atoms with Gasteiger partial charge in [0.1, 0.15) is 6.04 Å². The zero-order valence-corrected chi connectivity index (χ0v) is 8.61. The standard InChI is InChI=1S/C10H16N2O3/c13-7-2-1-5-12(6-7)10(15)8-3-4-9(14)11-8/h7-8,13H,1-6H2,(H,11,14). The summed E-state index contributed by atoms with van der Waals surface area (Å²) in [5.74, 6) is -0.0921. The van der Waals surface area contributed by atoms with Gasteiger partial charge in [-0.15, -0.1) is 0 Å². The molecular formula is C10H16N2O3. The predicted molar refractivity (Wildman–Crippen MR) is 53.0 cm³/mol. The average molecular weight is 212 g/mol. The van der Waals surface area contributed by atoms with Gasteiger partial charge in [0.25, 0.3) is 0 Å². The molecule has 2 rings (SSSR count). The van der Waals surface area contributed by atoms with E-state index >= 15 is 0 Å². The van der Waals surface area contributed by atoms with E-state index in [2.05, 4.69) is 5.32 Å². The van der Waals surface area contributed by atoms with Crippen LogP contribution in [0.15, 0.2) is 0 Å². The van der Waals surface area contributed by atoms with Crippen molar-refractivity contribution in [2.24, 2.45) is 0 Å². The summed E-state index contributed by atoms with van der Waals surface area (Å²) < 4.78 is 0. The maximum Gasteiger partial charge on any atom is 0.245 e. The SMILES string of the molecule is O=C1CCC(C(=O)N2CCCC(O)C2)N1. The van der Waals surface area contributed by atoms with Gasteiger partial charge in [0.15, 0.2) is 0 Å². The average Bonchev–Trinajstić information content (AvgIpc) is 2.64. The Morgan fingerprint density at radius 3 is 2.87 bits per heavy atom. The lowest BCUT2D eigenvalue weighted by molar-refractivity contribution is -0.137. The lowest BCUT2D eigenvalue weighted by Crippen LogP contribution is -2.49. The Labute approximate surface area is 88.4 Å². The van der Waals surface area contributed by atoms with Gasteiger partial charge in [-0.2, -0.15) is 0 Å². The molecule has 2 atom stereocenters.